The molecule has 3 nitrogen and oxygen atoms in total. The summed E-state index contributed by atoms with van der Waals surface area (Å²) >= 11 is 0. The molecule has 0 aromatic rings. The molecule has 100 valence electrons. The molecule has 0 aromatic heterocycles. The van der Waals surface area contributed by atoms with Gasteiger partial charge >= 0.3 is 5.97 Å². The van der Waals surface area contributed by atoms with Gasteiger partial charge in [0, 0.05) is 0 Å². The molecule has 0 amide bonds. The quantitative estimate of drug-likeness (QED) is 0.717. The van der Waals surface area contributed by atoms with E-state index >= 15 is 0 Å². The summed E-state index contributed by atoms with van der Waals surface area (Å²) in [6, 6.07) is -0.150. The highest BCUT2D eigenvalue weighted by atomic mass is 16.6. The summed E-state index contributed by atoms with van der Waals surface area (Å²) in [7, 11) is 0. The Balaban J connectivity index is 2.75. The van der Waals surface area contributed by atoms with Gasteiger partial charge in [0.15, 0.2) is 0 Å². The van der Waals surface area contributed by atoms with Crippen molar-refractivity contribution in [1.29, 1.82) is 0 Å². The topological polar surface area (TPSA) is 38.3 Å². The summed E-state index contributed by atoms with van der Waals surface area (Å²) in [5.41, 5.74) is -0.270. The number of hydrogen-bond acceptors (Lipinski definition) is 3. The van der Waals surface area contributed by atoms with Crippen LogP contribution in [0.1, 0.15) is 54.4 Å². The van der Waals surface area contributed by atoms with E-state index in [4.69, 9.17) is 4.74 Å². The number of hydrogen-bond donors (Lipinski definition) is 1. The lowest BCUT2D eigenvalue weighted by molar-refractivity contribution is -0.161. The minimum atomic E-state index is -0.404. The highest BCUT2D eigenvalue weighted by Gasteiger charge is 2.39. The molecule has 0 saturated carbocycles. The number of nitrogens with one attached hydrogen (secondary N) is 1. The Kier molecular flexibility index (Phi) is 4.23. The third-order valence-corrected chi connectivity index (χ3v) is 3.23. The van der Waals surface area contributed by atoms with Crippen molar-refractivity contribution >= 4 is 5.97 Å². The van der Waals surface area contributed by atoms with E-state index in [1.165, 1.54) is 0 Å². The molecule has 0 spiro atoms. The Morgan fingerprint density at radius 2 is 1.76 bits per heavy atom. The van der Waals surface area contributed by atoms with Crippen LogP contribution < -0.4 is 5.32 Å². The lowest BCUT2D eigenvalue weighted by Gasteiger charge is -2.40. The Bertz CT molecular complexity index is 273. The van der Waals surface area contributed by atoms with E-state index in [0.29, 0.717) is 5.92 Å². The largest absolute Gasteiger partial charge is 0.459 e. The molecule has 0 aromatic carbocycles. The first-order valence-electron chi connectivity index (χ1n) is 6.57. The fourth-order valence-electron chi connectivity index (χ4n) is 2.43. The molecular formula is C14H27NO2. The predicted octanol–water partition coefficient (Wildman–Crippen LogP) is 2.74. The number of piperidine rings is 1. The third kappa shape index (κ3) is 4.30. The van der Waals surface area contributed by atoms with Crippen molar-refractivity contribution in [3.8, 4) is 0 Å². The van der Waals surface area contributed by atoms with Crippen molar-refractivity contribution in [2.75, 3.05) is 6.54 Å². The lowest BCUT2D eigenvalue weighted by Crippen LogP contribution is -2.52. The molecule has 0 aliphatic carbocycles. The van der Waals surface area contributed by atoms with Gasteiger partial charge < -0.3 is 10.1 Å². The Morgan fingerprint density at radius 1 is 1.18 bits per heavy atom. The van der Waals surface area contributed by atoms with E-state index in [2.05, 4.69) is 26.1 Å². The van der Waals surface area contributed by atoms with Crippen molar-refractivity contribution in [2.45, 2.75) is 66.0 Å². The van der Waals surface area contributed by atoms with Gasteiger partial charge in [-0.05, 0) is 51.5 Å². The van der Waals surface area contributed by atoms with Crippen LogP contribution in [0.4, 0.5) is 0 Å². The van der Waals surface area contributed by atoms with Crippen molar-refractivity contribution < 1.29 is 9.53 Å². The first-order chi connectivity index (χ1) is 7.61. The van der Waals surface area contributed by atoms with Crippen LogP contribution in [0.5, 0.6) is 0 Å². The molecule has 0 unspecified atom stereocenters. The first kappa shape index (κ1) is 14.5. The number of ether oxygens (including phenoxy) is 1. The molecule has 1 aliphatic rings. The normalized spacial score (nSPS) is 26.7. The summed E-state index contributed by atoms with van der Waals surface area (Å²) in [5, 5.41) is 3.32. The van der Waals surface area contributed by atoms with Gasteiger partial charge in [0.25, 0.3) is 0 Å². The van der Waals surface area contributed by atoms with Crippen LogP contribution in [0.15, 0.2) is 0 Å². The molecule has 1 rings (SSSR count). The maximum atomic E-state index is 12.2. The molecule has 1 fully saturated rings. The van der Waals surface area contributed by atoms with Crippen molar-refractivity contribution in [3.63, 3.8) is 0 Å². The molecule has 0 bridgehead atoms. The maximum Gasteiger partial charge on any atom is 0.323 e. The molecule has 1 N–H and O–H groups in total. The van der Waals surface area contributed by atoms with E-state index in [-0.39, 0.29) is 17.4 Å². The second-order valence-electron chi connectivity index (χ2n) is 7.08. The SMILES string of the molecule is CC(C)(C)OC(=O)[C@@H]1NCCC[C@@H]1C(C)(C)C. The number of esters is 1. The maximum absolute atomic E-state index is 12.2. The first-order valence-corrected chi connectivity index (χ1v) is 6.57. The van der Waals surface area contributed by atoms with Crippen LogP contribution in [0.2, 0.25) is 0 Å². The molecule has 0 radical (unpaired) electrons. The molecular weight excluding hydrogens is 214 g/mol. The summed E-state index contributed by atoms with van der Waals surface area (Å²) in [4.78, 5) is 12.2. The Hall–Kier alpha value is -0.570. The average molecular weight is 241 g/mol. The van der Waals surface area contributed by atoms with Crippen LogP contribution in [-0.4, -0.2) is 24.2 Å². The number of carbonyl (C=O) groups is 1. The Labute approximate surface area is 105 Å². The van der Waals surface area contributed by atoms with Gasteiger partial charge in [0.1, 0.15) is 11.6 Å². The zero-order chi connectivity index (χ0) is 13.3. The second kappa shape index (κ2) is 4.97. The van der Waals surface area contributed by atoms with Gasteiger partial charge in [0.05, 0.1) is 0 Å². The van der Waals surface area contributed by atoms with Crippen LogP contribution in [0, 0.1) is 11.3 Å². The van der Waals surface area contributed by atoms with Gasteiger partial charge in [-0.15, -0.1) is 0 Å². The highest BCUT2D eigenvalue weighted by molar-refractivity contribution is 5.76. The fraction of sp³-hybridized carbons (Fsp3) is 0.929. The monoisotopic (exact) mass is 241 g/mol. The average Bonchev–Trinajstić information content (AvgIpc) is 2.13. The van der Waals surface area contributed by atoms with E-state index in [1.54, 1.807) is 0 Å². The standard InChI is InChI=1S/C14H27NO2/c1-13(2,3)10-8-7-9-15-11(10)12(16)17-14(4,5)6/h10-11,15H,7-9H2,1-6H3/t10-,11+/m0/s1. The van der Waals surface area contributed by atoms with Gasteiger partial charge in [-0.1, -0.05) is 20.8 Å². The summed E-state index contributed by atoms with van der Waals surface area (Å²) in [5.74, 6) is 0.253. The minimum Gasteiger partial charge on any atom is -0.459 e. The molecule has 3 heteroatoms. The van der Waals surface area contributed by atoms with Crippen molar-refractivity contribution in [3.05, 3.63) is 0 Å². The zero-order valence-corrected chi connectivity index (χ0v) is 12.1. The predicted molar refractivity (Wildman–Crippen MR) is 69.8 cm³/mol. The molecule has 1 heterocycles. The summed E-state index contributed by atoms with van der Waals surface area (Å²) in [6.07, 6.45) is 2.24. The van der Waals surface area contributed by atoms with E-state index in [9.17, 15) is 4.79 Å². The smallest absolute Gasteiger partial charge is 0.323 e. The van der Waals surface area contributed by atoms with Gasteiger partial charge in [0.2, 0.25) is 0 Å². The highest BCUT2D eigenvalue weighted by Crippen LogP contribution is 2.35. The minimum absolute atomic E-state index is 0.0999. The number of carbonyl (C=O) groups excluding carboxylic acids is 1. The van der Waals surface area contributed by atoms with E-state index in [1.807, 2.05) is 20.8 Å². The van der Waals surface area contributed by atoms with Gasteiger partial charge in [-0.25, -0.2) is 0 Å². The second-order valence-corrected chi connectivity index (χ2v) is 7.08. The Morgan fingerprint density at radius 3 is 2.24 bits per heavy atom. The molecule has 1 aliphatic heterocycles. The third-order valence-electron chi connectivity index (χ3n) is 3.23. The summed E-state index contributed by atoms with van der Waals surface area (Å²) in [6.45, 7) is 13.3. The molecule has 1 saturated heterocycles. The summed E-state index contributed by atoms with van der Waals surface area (Å²) < 4.78 is 5.50. The van der Waals surface area contributed by atoms with E-state index in [0.717, 1.165) is 19.4 Å². The lowest BCUT2D eigenvalue weighted by atomic mass is 9.72. The fourth-order valence-corrected chi connectivity index (χ4v) is 2.43. The van der Waals surface area contributed by atoms with Crippen LogP contribution in [-0.2, 0) is 9.53 Å². The van der Waals surface area contributed by atoms with Crippen molar-refractivity contribution in [1.82, 2.24) is 5.32 Å². The molecule has 2 atom stereocenters. The van der Waals surface area contributed by atoms with Crippen LogP contribution in [0.25, 0.3) is 0 Å². The van der Waals surface area contributed by atoms with Crippen molar-refractivity contribution in [2.24, 2.45) is 11.3 Å². The van der Waals surface area contributed by atoms with Crippen LogP contribution >= 0.6 is 0 Å². The van der Waals surface area contributed by atoms with Gasteiger partial charge in [-0.3, -0.25) is 4.79 Å². The zero-order valence-electron chi connectivity index (χ0n) is 12.1. The number of rotatable bonds is 1. The van der Waals surface area contributed by atoms with Gasteiger partial charge in [-0.2, -0.15) is 0 Å². The van der Waals surface area contributed by atoms with E-state index < -0.39 is 5.60 Å². The van der Waals surface area contributed by atoms with Crippen LogP contribution in [0.3, 0.4) is 0 Å². The molecule has 17 heavy (non-hydrogen) atoms.